The van der Waals surface area contributed by atoms with Gasteiger partial charge >= 0.3 is 0 Å². The second kappa shape index (κ2) is 11.2. The van der Waals surface area contributed by atoms with Gasteiger partial charge in [-0.2, -0.15) is 5.26 Å². The Kier molecular flexibility index (Phi) is 7.10. The van der Waals surface area contributed by atoms with Crippen molar-refractivity contribution in [1.82, 2.24) is 9.55 Å². The number of anilines is 3. The minimum Gasteiger partial charge on any atom is -0.495 e. The first-order chi connectivity index (χ1) is 20.1. The number of thiophene rings is 1. The van der Waals surface area contributed by atoms with E-state index in [1.54, 1.807) is 42.5 Å². The molecule has 2 aromatic heterocycles. The lowest BCUT2D eigenvalue weighted by atomic mass is 10.2. The van der Waals surface area contributed by atoms with E-state index in [1.807, 2.05) is 24.3 Å². The van der Waals surface area contributed by atoms with Gasteiger partial charge in [-0.1, -0.05) is 36.4 Å². The van der Waals surface area contributed by atoms with Crippen molar-refractivity contribution in [1.29, 1.82) is 5.26 Å². The maximum Gasteiger partial charge on any atom is 0.276 e. The Morgan fingerprint density at radius 3 is 2.34 bits per heavy atom. The molecular weight excluding hydrogens is 536 g/mol. The van der Waals surface area contributed by atoms with Crippen LogP contribution in [0.4, 0.5) is 16.4 Å². The van der Waals surface area contributed by atoms with E-state index < -0.39 is 0 Å². The summed E-state index contributed by atoms with van der Waals surface area (Å²) in [7, 11) is 1.52. The molecule has 6 rings (SSSR count). The summed E-state index contributed by atoms with van der Waals surface area (Å²) >= 11 is 1.29. The lowest BCUT2D eigenvalue weighted by Gasteiger charge is -2.36. The van der Waals surface area contributed by atoms with E-state index >= 15 is 0 Å². The summed E-state index contributed by atoms with van der Waals surface area (Å²) in [5.74, 6) is 0.178. The number of piperazine rings is 1. The fourth-order valence-electron chi connectivity index (χ4n) is 5.01. The lowest BCUT2D eigenvalue weighted by Crippen LogP contribution is -2.46. The molecule has 1 saturated heterocycles. The zero-order valence-corrected chi connectivity index (χ0v) is 23.1. The van der Waals surface area contributed by atoms with Gasteiger partial charge in [0.05, 0.1) is 12.8 Å². The summed E-state index contributed by atoms with van der Waals surface area (Å²) in [6.07, 6.45) is 1.41. The van der Waals surface area contributed by atoms with Crippen molar-refractivity contribution in [3.8, 4) is 17.5 Å². The van der Waals surface area contributed by atoms with Gasteiger partial charge in [0, 0.05) is 43.1 Å². The smallest absolute Gasteiger partial charge is 0.276 e. The summed E-state index contributed by atoms with van der Waals surface area (Å²) < 4.78 is 7.33. The third-order valence-corrected chi connectivity index (χ3v) is 8.34. The molecule has 0 radical (unpaired) electrons. The molecule has 41 heavy (non-hydrogen) atoms. The molecule has 9 nitrogen and oxygen atoms in total. The highest BCUT2D eigenvalue weighted by Crippen LogP contribution is 2.36. The van der Waals surface area contributed by atoms with Crippen LogP contribution in [0.15, 0.2) is 90.0 Å². The van der Waals surface area contributed by atoms with Crippen molar-refractivity contribution in [2.24, 2.45) is 0 Å². The van der Waals surface area contributed by atoms with Crippen LogP contribution in [0.5, 0.6) is 5.75 Å². The van der Waals surface area contributed by atoms with Crippen LogP contribution < -0.4 is 25.4 Å². The minimum absolute atomic E-state index is 0.267. The molecule has 204 valence electrons. The predicted octanol–water partition coefficient (Wildman–Crippen LogP) is 4.91. The average Bonchev–Trinajstić information content (AvgIpc) is 3.42. The number of fused-ring (bicyclic) bond motifs is 1. The molecule has 5 aromatic rings. The van der Waals surface area contributed by atoms with E-state index in [2.05, 4.69) is 38.3 Å². The molecule has 10 heteroatoms. The van der Waals surface area contributed by atoms with E-state index in [4.69, 9.17) is 4.74 Å². The molecule has 1 aliphatic rings. The van der Waals surface area contributed by atoms with Crippen molar-refractivity contribution < 1.29 is 9.53 Å². The van der Waals surface area contributed by atoms with Crippen LogP contribution in [0.1, 0.15) is 15.9 Å². The average molecular weight is 563 g/mol. The van der Waals surface area contributed by atoms with Crippen LogP contribution in [0.25, 0.3) is 15.9 Å². The van der Waals surface area contributed by atoms with Gasteiger partial charge in [0.25, 0.3) is 11.5 Å². The summed E-state index contributed by atoms with van der Waals surface area (Å²) in [5, 5.41) is 13.7. The number of hydrogen-bond acceptors (Lipinski definition) is 8. The third-order valence-electron chi connectivity index (χ3n) is 7.11. The number of nitriles is 1. The maximum absolute atomic E-state index is 13.8. The number of nitrogens with zero attached hydrogens (tertiary/aromatic N) is 5. The van der Waals surface area contributed by atoms with Crippen molar-refractivity contribution in [3.63, 3.8) is 0 Å². The standard InChI is InChI=1S/C31H26N6O3S/c1-40-26-13-12-22(34-29(38)21-8-4-2-5-9-21)18-25(26)37-20-33-27-24(19-32)31(41-28(27)30(37)39)36-16-14-35(15-17-36)23-10-6-3-7-11-23/h2-13,18,20H,14-17H2,1H3,(H,34,38). The van der Waals surface area contributed by atoms with E-state index in [-0.39, 0.29) is 11.5 Å². The molecule has 0 bridgehead atoms. The molecule has 3 aromatic carbocycles. The first-order valence-corrected chi connectivity index (χ1v) is 13.9. The Hall–Kier alpha value is -5.14. The second-order valence-corrected chi connectivity index (χ2v) is 10.5. The normalized spacial score (nSPS) is 13.2. The van der Waals surface area contributed by atoms with E-state index in [0.717, 1.165) is 31.2 Å². The second-order valence-electron chi connectivity index (χ2n) is 9.51. The molecule has 0 saturated carbocycles. The SMILES string of the molecule is COc1ccc(NC(=O)c2ccccc2)cc1-n1cnc2c(C#N)c(N3CCN(c4ccccc4)CC3)sc2c1=O. The number of para-hydroxylation sites is 1. The Morgan fingerprint density at radius 2 is 1.66 bits per heavy atom. The number of rotatable bonds is 6. The van der Waals surface area contributed by atoms with Crippen LogP contribution in [-0.4, -0.2) is 48.7 Å². The van der Waals surface area contributed by atoms with Gasteiger partial charge in [-0.15, -0.1) is 11.3 Å². The highest BCUT2D eigenvalue weighted by molar-refractivity contribution is 7.23. The quantitative estimate of drug-likeness (QED) is 0.314. The van der Waals surface area contributed by atoms with Gasteiger partial charge in [0.1, 0.15) is 38.9 Å². The highest BCUT2D eigenvalue weighted by Gasteiger charge is 2.25. The van der Waals surface area contributed by atoms with Crippen LogP contribution >= 0.6 is 11.3 Å². The van der Waals surface area contributed by atoms with Crippen molar-refractivity contribution in [3.05, 3.63) is 107 Å². The highest BCUT2D eigenvalue weighted by atomic mass is 32.1. The number of methoxy groups -OCH3 is 1. The van der Waals surface area contributed by atoms with E-state index in [1.165, 1.54) is 35.0 Å². The van der Waals surface area contributed by atoms with Crippen LogP contribution in [0.3, 0.4) is 0 Å². The van der Waals surface area contributed by atoms with E-state index in [0.29, 0.717) is 38.5 Å². The van der Waals surface area contributed by atoms with Crippen LogP contribution in [0.2, 0.25) is 0 Å². The number of benzene rings is 3. The molecule has 0 spiro atoms. The van der Waals surface area contributed by atoms with Crippen LogP contribution in [0, 0.1) is 11.3 Å². The number of amides is 1. The summed E-state index contributed by atoms with van der Waals surface area (Å²) in [6, 6.07) is 26.5. The van der Waals surface area contributed by atoms with Gasteiger partial charge in [-0.25, -0.2) is 4.98 Å². The first-order valence-electron chi connectivity index (χ1n) is 13.1. The summed E-state index contributed by atoms with van der Waals surface area (Å²) in [4.78, 5) is 35.6. The Balaban J connectivity index is 1.32. The first kappa shape index (κ1) is 26.1. The lowest BCUT2D eigenvalue weighted by molar-refractivity contribution is 0.102. The van der Waals surface area contributed by atoms with Gasteiger partial charge in [0.2, 0.25) is 0 Å². The maximum atomic E-state index is 13.8. The number of nitrogens with one attached hydrogen (secondary N) is 1. The minimum atomic E-state index is -0.310. The molecule has 1 fully saturated rings. The van der Waals surface area contributed by atoms with Crippen molar-refractivity contribution in [2.45, 2.75) is 0 Å². The number of carbonyl (C=O) groups is 1. The fraction of sp³-hybridized carbons (Fsp3) is 0.161. The number of ether oxygens (including phenoxy) is 1. The largest absolute Gasteiger partial charge is 0.495 e. The van der Waals surface area contributed by atoms with Gasteiger partial charge < -0.3 is 19.9 Å². The zero-order valence-electron chi connectivity index (χ0n) is 22.3. The number of hydrogen-bond donors (Lipinski definition) is 1. The van der Waals surface area contributed by atoms with Crippen molar-refractivity contribution >= 4 is 43.8 Å². The Morgan fingerprint density at radius 1 is 0.976 bits per heavy atom. The topological polar surface area (TPSA) is 103 Å². The Labute approximate surface area is 240 Å². The van der Waals surface area contributed by atoms with E-state index in [9.17, 15) is 14.9 Å². The molecule has 0 atom stereocenters. The zero-order chi connectivity index (χ0) is 28.3. The van der Waals surface area contributed by atoms with Gasteiger partial charge in [-0.05, 0) is 42.5 Å². The molecular formula is C31H26N6O3S. The summed E-state index contributed by atoms with van der Waals surface area (Å²) in [5.41, 5.74) is 3.13. The molecule has 1 amide bonds. The molecule has 1 N–H and O–H groups in total. The van der Waals surface area contributed by atoms with Gasteiger partial charge in [-0.3, -0.25) is 14.2 Å². The number of carbonyl (C=O) groups excluding carboxylic acids is 1. The third kappa shape index (κ3) is 4.99. The monoisotopic (exact) mass is 562 g/mol. The molecule has 0 aliphatic carbocycles. The Bertz CT molecular complexity index is 1820. The predicted molar refractivity (Wildman–Crippen MR) is 162 cm³/mol. The molecule has 0 unspecified atom stereocenters. The number of aromatic nitrogens is 2. The van der Waals surface area contributed by atoms with Gasteiger partial charge in [0.15, 0.2) is 0 Å². The summed E-state index contributed by atoms with van der Waals surface area (Å²) in [6.45, 7) is 3.06. The van der Waals surface area contributed by atoms with Crippen LogP contribution in [-0.2, 0) is 0 Å². The van der Waals surface area contributed by atoms with Crippen molar-refractivity contribution in [2.75, 3.05) is 48.4 Å². The molecule has 1 aliphatic heterocycles. The fourth-order valence-corrected chi connectivity index (χ4v) is 6.19. The molecule has 3 heterocycles.